The Hall–Kier alpha value is -1.38. The van der Waals surface area contributed by atoms with Crippen molar-refractivity contribution in [2.24, 2.45) is 5.92 Å². The Kier molecular flexibility index (Phi) is 4.73. The highest BCUT2D eigenvalue weighted by molar-refractivity contribution is 5.50. The van der Waals surface area contributed by atoms with Crippen molar-refractivity contribution in [1.82, 2.24) is 5.32 Å². The number of allylic oxidation sites excluding steroid dienone is 2. The number of aliphatic hydroxyl groups is 1. The van der Waals surface area contributed by atoms with Gasteiger partial charge in [0, 0.05) is 12.0 Å². The lowest BCUT2D eigenvalue weighted by atomic mass is 9.89. The number of hydrogen-bond donors (Lipinski definition) is 2. The van der Waals surface area contributed by atoms with Gasteiger partial charge in [0.05, 0.1) is 6.10 Å². The Morgan fingerprint density at radius 3 is 2.78 bits per heavy atom. The first-order valence-electron chi connectivity index (χ1n) is 6.59. The van der Waals surface area contributed by atoms with E-state index >= 15 is 0 Å². The molecule has 1 saturated heterocycles. The fourth-order valence-corrected chi connectivity index (χ4v) is 2.24. The standard InChI is InChI=1S/C16H21NO/c1-13-15(17-12-11-16(13)18)10-6-5-9-14-7-3-2-4-8-14/h2-10,13,15-18H,11-12H2,1H3/t13-,15+,16+/m0/s1. The molecule has 18 heavy (non-hydrogen) atoms. The number of aliphatic hydroxyl groups excluding tert-OH is 1. The predicted molar refractivity (Wildman–Crippen MR) is 76.2 cm³/mol. The number of nitrogens with one attached hydrogen (secondary N) is 1. The van der Waals surface area contributed by atoms with E-state index in [1.165, 1.54) is 5.56 Å². The fraction of sp³-hybridized carbons (Fsp3) is 0.375. The van der Waals surface area contributed by atoms with Crippen molar-refractivity contribution in [2.75, 3.05) is 6.54 Å². The molecule has 1 aliphatic rings. The van der Waals surface area contributed by atoms with Crippen LogP contribution < -0.4 is 5.32 Å². The lowest BCUT2D eigenvalue weighted by molar-refractivity contribution is 0.0726. The van der Waals surface area contributed by atoms with Crippen LogP contribution in [0.3, 0.4) is 0 Å². The van der Waals surface area contributed by atoms with Crippen LogP contribution in [-0.2, 0) is 0 Å². The maximum atomic E-state index is 9.79. The van der Waals surface area contributed by atoms with Gasteiger partial charge >= 0.3 is 0 Å². The highest BCUT2D eigenvalue weighted by atomic mass is 16.3. The van der Waals surface area contributed by atoms with E-state index in [4.69, 9.17) is 0 Å². The molecule has 2 N–H and O–H groups in total. The summed E-state index contributed by atoms with van der Waals surface area (Å²) in [7, 11) is 0. The van der Waals surface area contributed by atoms with E-state index in [2.05, 4.69) is 42.6 Å². The van der Waals surface area contributed by atoms with E-state index in [0.29, 0.717) is 0 Å². The molecule has 0 bridgehead atoms. The number of benzene rings is 1. The van der Waals surface area contributed by atoms with Crippen LogP contribution in [0.5, 0.6) is 0 Å². The van der Waals surface area contributed by atoms with E-state index in [1.54, 1.807) is 0 Å². The average molecular weight is 243 g/mol. The summed E-state index contributed by atoms with van der Waals surface area (Å²) < 4.78 is 0. The Labute approximate surface area is 109 Å². The molecule has 0 unspecified atom stereocenters. The van der Waals surface area contributed by atoms with Crippen LogP contribution in [0.15, 0.2) is 48.6 Å². The Balaban J connectivity index is 1.89. The maximum Gasteiger partial charge on any atom is 0.0595 e. The summed E-state index contributed by atoms with van der Waals surface area (Å²) in [6.07, 6.45) is 8.99. The van der Waals surface area contributed by atoms with Crippen molar-refractivity contribution in [1.29, 1.82) is 0 Å². The molecule has 0 amide bonds. The molecule has 1 aliphatic heterocycles. The molecular weight excluding hydrogens is 222 g/mol. The second-order valence-corrected chi connectivity index (χ2v) is 4.85. The molecule has 2 heteroatoms. The third-order valence-electron chi connectivity index (χ3n) is 3.51. The Morgan fingerprint density at radius 1 is 1.22 bits per heavy atom. The Bertz CT molecular complexity index is 410. The topological polar surface area (TPSA) is 32.3 Å². The van der Waals surface area contributed by atoms with Gasteiger partial charge in [0.15, 0.2) is 0 Å². The molecule has 0 aliphatic carbocycles. The van der Waals surface area contributed by atoms with E-state index in [1.807, 2.05) is 24.3 Å². The third-order valence-corrected chi connectivity index (χ3v) is 3.51. The van der Waals surface area contributed by atoms with Gasteiger partial charge in [0.1, 0.15) is 0 Å². The number of piperidine rings is 1. The van der Waals surface area contributed by atoms with Gasteiger partial charge in [-0.25, -0.2) is 0 Å². The zero-order valence-corrected chi connectivity index (χ0v) is 10.8. The third kappa shape index (κ3) is 3.56. The summed E-state index contributed by atoms with van der Waals surface area (Å²) in [5.74, 6) is 0.278. The molecule has 3 atom stereocenters. The summed E-state index contributed by atoms with van der Waals surface area (Å²) in [5, 5.41) is 13.2. The SMILES string of the molecule is C[C@@H]1[C@H](O)CCN[C@@H]1C=CC=Cc1ccccc1. The summed E-state index contributed by atoms with van der Waals surface area (Å²) in [4.78, 5) is 0. The van der Waals surface area contributed by atoms with Gasteiger partial charge in [-0.1, -0.05) is 61.6 Å². The molecule has 0 saturated carbocycles. The minimum atomic E-state index is -0.181. The molecule has 1 heterocycles. The van der Waals surface area contributed by atoms with Crippen molar-refractivity contribution in [3.63, 3.8) is 0 Å². The largest absolute Gasteiger partial charge is 0.393 e. The second-order valence-electron chi connectivity index (χ2n) is 4.85. The minimum Gasteiger partial charge on any atom is -0.393 e. The van der Waals surface area contributed by atoms with Gasteiger partial charge in [0.2, 0.25) is 0 Å². The fourth-order valence-electron chi connectivity index (χ4n) is 2.24. The van der Waals surface area contributed by atoms with Gasteiger partial charge in [-0.3, -0.25) is 0 Å². The van der Waals surface area contributed by atoms with Crippen LogP contribution in [0.4, 0.5) is 0 Å². The molecule has 0 aromatic heterocycles. The van der Waals surface area contributed by atoms with Crippen molar-refractivity contribution < 1.29 is 5.11 Å². The first-order chi connectivity index (χ1) is 8.77. The van der Waals surface area contributed by atoms with Crippen molar-refractivity contribution in [3.8, 4) is 0 Å². The molecular formula is C16H21NO. The van der Waals surface area contributed by atoms with E-state index < -0.39 is 0 Å². The van der Waals surface area contributed by atoms with Crippen LogP contribution >= 0.6 is 0 Å². The van der Waals surface area contributed by atoms with Crippen LogP contribution in [0.25, 0.3) is 6.08 Å². The second kappa shape index (κ2) is 6.53. The van der Waals surface area contributed by atoms with Crippen LogP contribution in [0.2, 0.25) is 0 Å². The first kappa shape index (κ1) is 13.1. The number of hydrogen-bond acceptors (Lipinski definition) is 2. The molecule has 1 aromatic carbocycles. The van der Waals surface area contributed by atoms with Gasteiger partial charge in [-0.2, -0.15) is 0 Å². The molecule has 1 aromatic rings. The summed E-state index contributed by atoms with van der Waals surface area (Å²) in [5.41, 5.74) is 1.20. The van der Waals surface area contributed by atoms with E-state index in [-0.39, 0.29) is 18.1 Å². The molecule has 2 nitrogen and oxygen atoms in total. The van der Waals surface area contributed by atoms with Crippen LogP contribution in [-0.4, -0.2) is 23.8 Å². The summed E-state index contributed by atoms with van der Waals surface area (Å²) in [6.45, 7) is 2.98. The lowest BCUT2D eigenvalue weighted by Crippen LogP contribution is -2.46. The molecule has 2 rings (SSSR count). The van der Waals surface area contributed by atoms with Crippen LogP contribution in [0, 0.1) is 5.92 Å². The van der Waals surface area contributed by atoms with E-state index in [9.17, 15) is 5.11 Å². The highest BCUT2D eigenvalue weighted by Gasteiger charge is 2.25. The molecule has 0 radical (unpaired) electrons. The van der Waals surface area contributed by atoms with Crippen molar-refractivity contribution >= 4 is 6.08 Å². The zero-order chi connectivity index (χ0) is 12.8. The monoisotopic (exact) mass is 243 g/mol. The highest BCUT2D eigenvalue weighted by Crippen LogP contribution is 2.17. The van der Waals surface area contributed by atoms with Gasteiger partial charge in [-0.15, -0.1) is 0 Å². The summed E-state index contributed by atoms with van der Waals surface area (Å²) in [6, 6.07) is 10.5. The van der Waals surface area contributed by atoms with Gasteiger partial charge < -0.3 is 10.4 Å². The van der Waals surface area contributed by atoms with Crippen LogP contribution in [0.1, 0.15) is 18.9 Å². The number of rotatable bonds is 3. The minimum absolute atomic E-state index is 0.181. The predicted octanol–water partition coefficient (Wildman–Crippen LogP) is 2.61. The quantitative estimate of drug-likeness (QED) is 0.800. The van der Waals surface area contributed by atoms with Crippen molar-refractivity contribution in [3.05, 3.63) is 54.1 Å². The normalized spacial score (nSPS) is 29.1. The maximum absolute atomic E-state index is 9.79. The smallest absolute Gasteiger partial charge is 0.0595 e. The Morgan fingerprint density at radius 2 is 2.00 bits per heavy atom. The molecule has 1 fully saturated rings. The molecule has 0 spiro atoms. The lowest BCUT2D eigenvalue weighted by Gasteiger charge is -2.32. The van der Waals surface area contributed by atoms with Gasteiger partial charge in [-0.05, 0) is 18.5 Å². The van der Waals surface area contributed by atoms with Gasteiger partial charge in [0.25, 0.3) is 0 Å². The zero-order valence-electron chi connectivity index (χ0n) is 10.8. The molecule has 96 valence electrons. The van der Waals surface area contributed by atoms with E-state index in [0.717, 1.165) is 13.0 Å². The summed E-state index contributed by atoms with van der Waals surface area (Å²) >= 11 is 0. The average Bonchev–Trinajstić information content (AvgIpc) is 2.40. The first-order valence-corrected chi connectivity index (χ1v) is 6.59. The van der Waals surface area contributed by atoms with Crippen molar-refractivity contribution in [2.45, 2.75) is 25.5 Å².